The lowest BCUT2D eigenvalue weighted by Gasteiger charge is -2.06. The molecule has 1 N–H and O–H groups in total. The Morgan fingerprint density at radius 2 is 2.21 bits per heavy atom. The molecule has 0 aromatic carbocycles. The average molecular weight is 281 g/mol. The minimum atomic E-state index is -0.806. The number of hydrogen-bond donors (Lipinski definition) is 1. The summed E-state index contributed by atoms with van der Waals surface area (Å²) in [6.45, 7) is 6.00. The van der Waals surface area contributed by atoms with Gasteiger partial charge in [0.25, 0.3) is 0 Å². The molecular formula is C11H15N5O2S. The van der Waals surface area contributed by atoms with E-state index in [-0.39, 0.29) is 0 Å². The monoisotopic (exact) mass is 281 g/mol. The van der Waals surface area contributed by atoms with Gasteiger partial charge in [0.15, 0.2) is 5.82 Å². The summed E-state index contributed by atoms with van der Waals surface area (Å²) in [5, 5.41) is 21.4. The molecule has 0 fully saturated rings. The molecule has 0 aliphatic heterocycles. The van der Waals surface area contributed by atoms with Gasteiger partial charge in [-0.1, -0.05) is 6.92 Å². The van der Waals surface area contributed by atoms with Gasteiger partial charge >= 0.3 is 5.97 Å². The first-order valence-electron chi connectivity index (χ1n) is 5.92. The number of aryl methyl sites for hydroxylation is 3. The van der Waals surface area contributed by atoms with E-state index in [1.165, 1.54) is 11.3 Å². The van der Waals surface area contributed by atoms with E-state index >= 15 is 0 Å². The Hall–Kier alpha value is -1.83. The summed E-state index contributed by atoms with van der Waals surface area (Å²) in [6, 6.07) is 0. The highest BCUT2D eigenvalue weighted by atomic mass is 32.1. The van der Waals surface area contributed by atoms with E-state index in [0.29, 0.717) is 18.8 Å². The van der Waals surface area contributed by atoms with Crippen molar-refractivity contribution in [1.82, 2.24) is 25.2 Å². The highest BCUT2D eigenvalue weighted by molar-refractivity contribution is 7.15. The molecule has 0 saturated heterocycles. The van der Waals surface area contributed by atoms with Crippen LogP contribution in [0.2, 0.25) is 0 Å². The lowest BCUT2D eigenvalue weighted by Crippen LogP contribution is -2.13. The minimum Gasteiger partial charge on any atom is -0.481 e. The topological polar surface area (TPSA) is 93.8 Å². The maximum Gasteiger partial charge on any atom is 0.306 e. The molecule has 0 amide bonds. The van der Waals surface area contributed by atoms with E-state index in [0.717, 1.165) is 15.6 Å². The Kier molecular flexibility index (Phi) is 3.89. The largest absolute Gasteiger partial charge is 0.481 e. The number of carboxylic acids is 1. The number of aliphatic carboxylic acids is 1. The molecule has 102 valence electrons. The van der Waals surface area contributed by atoms with Crippen molar-refractivity contribution in [1.29, 1.82) is 0 Å². The fraction of sp³-hybridized carbons (Fsp3) is 0.545. The fourth-order valence-corrected chi connectivity index (χ4v) is 2.60. The zero-order valence-corrected chi connectivity index (χ0v) is 11.8. The zero-order valence-electron chi connectivity index (χ0n) is 11.0. The van der Waals surface area contributed by atoms with E-state index in [1.54, 1.807) is 11.6 Å². The van der Waals surface area contributed by atoms with Crippen LogP contribution in [-0.2, 0) is 11.3 Å². The number of carboxylic acid groups (broad SMARTS) is 1. The van der Waals surface area contributed by atoms with Gasteiger partial charge in [0.2, 0.25) is 0 Å². The summed E-state index contributed by atoms with van der Waals surface area (Å²) in [5.41, 5.74) is 0.893. The van der Waals surface area contributed by atoms with Crippen molar-refractivity contribution in [2.75, 3.05) is 0 Å². The van der Waals surface area contributed by atoms with E-state index in [2.05, 4.69) is 20.5 Å². The summed E-state index contributed by atoms with van der Waals surface area (Å²) in [7, 11) is 0. The molecule has 0 saturated carbocycles. The SMILES string of the molecule is Cc1nc(C)c(-c2nnnn2CCC(C)C(=O)O)s1. The van der Waals surface area contributed by atoms with Crippen molar-refractivity contribution >= 4 is 17.3 Å². The Labute approximate surface area is 114 Å². The summed E-state index contributed by atoms with van der Waals surface area (Å²) >= 11 is 1.54. The van der Waals surface area contributed by atoms with Crippen LogP contribution in [0, 0.1) is 19.8 Å². The van der Waals surface area contributed by atoms with Crippen LogP contribution in [0.1, 0.15) is 24.0 Å². The summed E-state index contributed by atoms with van der Waals surface area (Å²) in [6.07, 6.45) is 0.490. The van der Waals surface area contributed by atoms with Gasteiger partial charge < -0.3 is 5.11 Å². The highest BCUT2D eigenvalue weighted by Gasteiger charge is 2.17. The number of aromatic nitrogens is 5. The predicted octanol–water partition coefficient (Wildman–Crippen LogP) is 1.52. The van der Waals surface area contributed by atoms with Crippen LogP contribution in [0.25, 0.3) is 10.7 Å². The van der Waals surface area contributed by atoms with Crippen LogP contribution in [0.5, 0.6) is 0 Å². The van der Waals surface area contributed by atoms with Crippen molar-refractivity contribution in [2.45, 2.75) is 33.7 Å². The molecule has 1 atom stereocenters. The molecule has 7 nitrogen and oxygen atoms in total. The van der Waals surface area contributed by atoms with Gasteiger partial charge in [0.1, 0.15) is 0 Å². The third-order valence-electron chi connectivity index (χ3n) is 2.83. The molecule has 1 unspecified atom stereocenters. The molecule has 2 heterocycles. The molecule has 0 aliphatic rings. The molecule has 2 rings (SSSR count). The Bertz CT molecular complexity index is 592. The second-order valence-electron chi connectivity index (χ2n) is 4.40. The van der Waals surface area contributed by atoms with Crippen molar-refractivity contribution in [3.63, 3.8) is 0 Å². The Morgan fingerprint density at radius 1 is 1.47 bits per heavy atom. The van der Waals surface area contributed by atoms with Gasteiger partial charge in [-0.2, -0.15) is 0 Å². The van der Waals surface area contributed by atoms with Crippen LogP contribution in [-0.4, -0.2) is 36.3 Å². The van der Waals surface area contributed by atoms with Crippen LogP contribution >= 0.6 is 11.3 Å². The highest BCUT2D eigenvalue weighted by Crippen LogP contribution is 2.27. The van der Waals surface area contributed by atoms with Crippen molar-refractivity contribution in [3.8, 4) is 10.7 Å². The third-order valence-corrected chi connectivity index (χ3v) is 3.90. The molecule has 2 aromatic rings. The van der Waals surface area contributed by atoms with Crippen molar-refractivity contribution < 1.29 is 9.90 Å². The van der Waals surface area contributed by atoms with Crippen molar-refractivity contribution in [3.05, 3.63) is 10.7 Å². The van der Waals surface area contributed by atoms with Crippen LogP contribution in [0.3, 0.4) is 0 Å². The zero-order chi connectivity index (χ0) is 14.0. The Morgan fingerprint density at radius 3 is 2.79 bits per heavy atom. The fourth-order valence-electron chi connectivity index (χ4n) is 1.70. The second kappa shape index (κ2) is 5.43. The van der Waals surface area contributed by atoms with Crippen LogP contribution in [0.4, 0.5) is 0 Å². The van der Waals surface area contributed by atoms with Gasteiger partial charge in [0.05, 0.1) is 21.5 Å². The molecule has 8 heteroatoms. The predicted molar refractivity (Wildman–Crippen MR) is 69.8 cm³/mol. The van der Waals surface area contributed by atoms with E-state index < -0.39 is 11.9 Å². The molecule has 0 aliphatic carbocycles. The maximum atomic E-state index is 10.8. The van der Waals surface area contributed by atoms with Gasteiger partial charge in [0, 0.05) is 6.54 Å². The molecule has 0 spiro atoms. The molecule has 2 aromatic heterocycles. The average Bonchev–Trinajstić information content (AvgIpc) is 2.91. The maximum absolute atomic E-state index is 10.8. The van der Waals surface area contributed by atoms with E-state index in [1.807, 2.05) is 13.8 Å². The Balaban J connectivity index is 2.18. The van der Waals surface area contributed by atoms with Gasteiger partial charge in [-0.3, -0.25) is 4.79 Å². The summed E-state index contributed by atoms with van der Waals surface area (Å²) in [4.78, 5) is 16.1. The molecular weight excluding hydrogens is 266 g/mol. The van der Waals surface area contributed by atoms with Crippen LogP contribution < -0.4 is 0 Å². The van der Waals surface area contributed by atoms with Gasteiger partial charge in [-0.05, 0) is 30.7 Å². The number of carbonyl (C=O) groups is 1. The quantitative estimate of drug-likeness (QED) is 0.893. The first-order valence-corrected chi connectivity index (χ1v) is 6.74. The molecule has 0 bridgehead atoms. The first kappa shape index (κ1) is 13.6. The first-order chi connectivity index (χ1) is 8.99. The summed E-state index contributed by atoms with van der Waals surface area (Å²) < 4.78 is 1.64. The number of thiazole rings is 1. The second-order valence-corrected chi connectivity index (χ2v) is 5.60. The third kappa shape index (κ3) is 2.95. The van der Waals surface area contributed by atoms with Gasteiger partial charge in [-0.15, -0.1) is 16.4 Å². The molecule has 0 radical (unpaired) electrons. The number of rotatable bonds is 5. The van der Waals surface area contributed by atoms with E-state index in [4.69, 9.17) is 5.11 Å². The number of nitrogens with zero attached hydrogens (tertiary/aromatic N) is 5. The lowest BCUT2D eigenvalue weighted by atomic mass is 10.1. The van der Waals surface area contributed by atoms with Crippen LogP contribution in [0.15, 0.2) is 0 Å². The summed E-state index contributed by atoms with van der Waals surface area (Å²) in [5.74, 6) is -0.568. The standard InChI is InChI=1S/C11H15N5O2S/c1-6(11(17)18)4-5-16-10(13-14-15-16)9-7(2)12-8(3)19-9/h6H,4-5H2,1-3H3,(H,17,18). The number of hydrogen-bond acceptors (Lipinski definition) is 6. The van der Waals surface area contributed by atoms with Crippen molar-refractivity contribution in [2.24, 2.45) is 5.92 Å². The van der Waals surface area contributed by atoms with E-state index in [9.17, 15) is 4.79 Å². The van der Waals surface area contributed by atoms with Gasteiger partial charge in [-0.25, -0.2) is 9.67 Å². The number of tetrazole rings is 1. The minimum absolute atomic E-state index is 0.415. The lowest BCUT2D eigenvalue weighted by molar-refractivity contribution is -0.141. The molecule has 19 heavy (non-hydrogen) atoms. The smallest absolute Gasteiger partial charge is 0.306 e. The normalized spacial score (nSPS) is 12.6.